The standard InChI is InChI=1S/C16H13NO3/c1-3-11-5-6-13(9-12(11)4-2)20-14-7-8-17-15(10-14)16(18)19/h3-10H,1-2H2,(H,18,19). The van der Waals surface area contributed by atoms with Gasteiger partial charge in [-0.15, -0.1) is 0 Å². The molecular formula is C16H13NO3. The van der Waals surface area contributed by atoms with E-state index >= 15 is 0 Å². The fourth-order valence-electron chi connectivity index (χ4n) is 1.71. The number of hydrogen-bond donors (Lipinski definition) is 1. The van der Waals surface area contributed by atoms with Gasteiger partial charge in [0.05, 0.1) is 0 Å². The Hall–Kier alpha value is -2.88. The Morgan fingerprint density at radius 1 is 1.10 bits per heavy atom. The molecule has 100 valence electrons. The number of nitrogens with zero attached hydrogens (tertiary/aromatic N) is 1. The number of rotatable bonds is 5. The maximum Gasteiger partial charge on any atom is 0.354 e. The van der Waals surface area contributed by atoms with E-state index in [4.69, 9.17) is 9.84 Å². The summed E-state index contributed by atoms with van der Waals surface area (Å²) in [7, 11) is 0. The van der Waals surface area contributed by atoms with E-state index in [0.717, 1.165) is 11.1 Å². The SMILES string of the molecule is C=Cc1ccc(Oc2ccnc(C(=O)O)c2)cc1C=C. The number of carboxylic acids is 1. The molecule has 1 heterocycles. The van der Waals surface area contributed by atoms with Crippen molar-refractivity contribution in [2.45, 2.75) is 0 Å². The van der Waals surface area contributed by atoms with Gasteiger partial charge in [0.2, 0.25) is 0 Å². The second kappa shape index (κ2) is 5.84. The van der Waals surface area contributed by atoms with Gasteiger partial charge < -0.3 is 9.84 Å². The van der Waals surface area contributed by atoms with Crippen LogP contribution in [0.1, 0.15) is 21.6 Å². The van der Waals surface area contributed by atoms with Crippen molar-refractivity contribution < 1.29 is 14.6 Å². The second-order valence-electron chi connectivity index (χ2n) is 3.98. The molecule has 2 rings (SSSR count). The second-order valence-corrected chi connectivity index (χ2v) is 3.98. The molecule has 4 heteroatoms. The molecule has 0 aliphatic heterocycles. The lowest BCUT2D eigenvalue weighted by molar-refractivity contribution is 0.0690. The van der Waals surface area contributed by atoms with Gasteiger partial charge in [-0.25, -0.2) is 9.78 Å². The molecule has 0 fully saturated rings. The van der Waals surface area contributed by atoms with Crippen molar-refractivity contribution >= 4 is 18.1 Å². The summed E-state index contributed by atoms with van der Waals surface area (Å²) in [4.78, 5) is 14.6. The van der Waals surface area contributed by atoms with Gasteiger partial charge >= 0.3 is 5.97 Å². The van der Waals surface area contributed by atoms with E-state index in [-0.39, 0.29) is 5.69 Å². The van der Waals surface area contributed by atoms with E-state index in [0.29, 0.717) is 11.5 Å². The number of benzene rings is 1. The van der Waals surface area contributed by atoms with Crippen molar-refractivity contribution in [2.24, 2.45) is 0 Å². The topological polar surface area (TPSA) is 59.4 Å². The van der Waals surface area contributed by atoms with Crippen molar-refractivity contribution in [1.29, 1.82) is 0 Å². The number of carboxylic acid groups (broad SMARTS) is 1. The zero-order valence-corrected chi connectivity index (χ0v) is 10.7. The predicted octanol–water partition coefficient (Wildman–Crippen LogP) is 3.86. The molecule has 1 aromatic carbocycles. The number of aromatic carboxylic acids is 1. The van der Waals surface area contributed by atoms with Gasteiger partial charge in [0.1, 0.15) is 11.5 Å². The van der Waals surface area contributed by atoms with Gasteiger partial charge in [0, 0.05) is 12.3 Å². The lowest BCUT2D eigenvalue weighted by Gasteiger charge is -2.08. The van der Waals surface area contributed by atoms with E-state index in [1.54, 1.807) is 24.3 Å². The first-order valence-electron chi connectivity index (χ1n) is 5.90. The normalized spacial score (nSPS) is 9.80. The molecular weight excluding hydrogens is 254 g/mol. The molecule has 0 unspecified atom stereocenters. The van der Waals surface area contributed by atoms with Crippen LogP contribution in [0.4, 0.5) is 0 Å². The molecule has 0 aliphatic carbocycles. The highest BCUT2D eigenvalue weighted by Crippen LogP contribution is 2.25. The highest BCUT2D eigenvalue weighted by molar-refractivity contribution is 5.85. The third kappa shape index (κ3) is 2.92. The highest BCUT2D eigenvalue weighted by Gasteiger charge is 2.07. The Bertz CT molecular complexity index is 677. The monoisotopic (exact) mass is 267 g/mol. The highest BCUT2D eigenvalue weighted by atomic mass is 16.5. The average molecular weight is 267 g/mol. The third-order valence-corrected chi connectivity index (χ3v) is 2.68. The average Bonchev–Trinajstić information content (AvgIpc) is 2.47. The molecule has 0 aliphatic rings. The van der Waals surface area contributed by atoms with E-state index in [1.165, 1.54) is 12.3 Å². The van der Waals surface area contributed by atoms with Crippen LogP contribution in [0.3, 0.4) is 0 Å². The Labute approximate surface area is 116 Å². The van der Waals surface area contributed by atoms with E-state index in [1.807, 2.05) is 12.1 Å². The minimum absolute atomic E-state index is 0.0610. The van der Waals surface area contributed by atoms with Gasteiger partial charge in [-0.1, -0.05) is 31.4 Å². The molecule has 0 bridgehead atoms. The number of aromatic nitrogens is 1. The van der Waals surface area contributed by atoms with Crippen molar-refractivity contribution in [3.8, 4) is 11.5 Å². The van der Waals surface area contributed by atoms with E-state index in [9.17, 15) is 4.79 Å². The van der Waals surface area contributed by atoms with E-state index < -0.39 is 5.97 Å². The van der Waals surface area contributed by atoms with Gasteiger partial charge in [-0.05, 0) is 29.3 Å². The number of ether oxygens (including phenoxy) is 1. The van der Waals surface area contributed by atoms with Crippen LogP contribution in [0.2, 0.25) is 0 Å². The molecule has 0 radical (unpaired) electrons. The minimum atomic E-state index is -1.09. The molecule has 20 heavy (non-hydrogen) atoms. The first-order valence-corrected chi connectivity index (χ1v) is 5.90. The Balaban J connectivity index is 2.30. The molecule has 0 saturated heterocycles. The summed E-state index contributed by atoms with van der Waals surface area (Å²) in [6.07, 6.45) is 4.83. The molecule has 1 aromatic heterocycles. The van der Waals surface area contributed by atoms with E-state index in [2.05, 4.69) is 18.1 Å². The summed E-state index contributed by atoms with van der Waals surface area (Å²) < 4.78 is 5.63. The van der Waals surface area contributed by atoms with Gasteiger partial charge in [0.15, 0.2) is 5.69 Å². The van der Waals surface area contributed by atoms with Gasteiger partial charge in [0.25, 0.3) is 0 Å². The lowest BCUT2D eigenvalue weighted by atomic mass is 10.1. The van der Waals surface area contributed by atoms with Crippen LogP contribution in [0.5, 0.6) is 11.5 Å². The fourth-order valence-corrected chi connectivity index (χ4v) is 1.71. The van der Waals surface area contributed by atoms with Crippen LogP contribution in [-0.2, 0) is 0 Å². The van der Waals surface area contributed by atoms with Crippen LogP contribution < -0.4 is 4.74 Å². The lowest BCUT2D eigenvalue weighted by Crippen LogP contribution is -1.99. The van der Waals surface area contributed by atoms with Gasteiger partial charge in [-0.2, -0.15) is 0 Å². The largest absolute Gasteiger partial charge is 0.477 e. The summed E-state index contributed by atoms with van der Waals surface area (Å²) >= 11 is 0. The summed E-state index contributed by atoms with van der Waals surface area (Å²) in [6.45, 7) is 7.46. The van der Waals surface area contributed by atoms with Crippen LogP contribution in [-0.4, -0.2) is 16.1 Å². The first-order chi connectivity index (χ1) is 9.63. The van der Waals surface area contributed by atoms with Crippen molar-refractivity contribution in [1.82, 2.24) is 4.98 Å². The zero-order chi connectivity index (χ0) is 14.5. The molecule has 2 aromatic rings. The zero-order valence-electron chi connectivity index (χ0n) is 10.7. The Morgan fingerprint density at radius 2 is 1.80 bits per heavy atom. The first kappa shape index (κ1) is 13.5. The van der Waals surface area contributed by atoms with Crippen LogP contribution in [0.25, 0.3) is 12.2 Å². The van der Waals surface area contributed by atoms with Crippen molar-refractivity contribution in [3.63, 3.8) is 0 Å². The summed E-state index contributed by atoms with van der Waals surface area (Å²) in [5, 5.41) is 8.88. The summed E-state index contributed by atoms with van der Waals surface area (Å²) in [5.74, 6) is -0.0870. The van der Waals surface area contributed by atoms with Crippen molar-refractivity contribution in [3.05, 3.63) is 66.5 Å². The molecule has 1 N–H and O–H groups in total. The summed E-state index contributed by atoms with van der Waals surface area (Å²) in [6, 6.07) is 8.42. The smallest absolute Gasteiger partial charge is 0.354 e. The molecule has 0 saturated carbocycles. The fraction of sp³-hybridized carbons (Fsp3) is 0. The Morgan fingerprint density at radius 3 is 2.45 bits per heavy atom. The number of pyridine rings is 1. The maximum absolute atomic E-state index is 10.8. The number of carbonyl (C=O) groups is 1. The minimum Gasteiger partial charge on any atom is -0.477 e. The van der Waals surface area contributed by atoms with Crippen LogP contribution in [0, 0.1) is 0 Å². The van der Waals surface area contributed by atoms with Crippen LogP contribution in [0.15, 0.2) is 49.7 Å². The summed E-state index contributed by atoms with van der Waals surface area (Å²) in [5.41, 5.74) is 1.78. The maximum atomic E-state index is 10.8. The third-order valence-electron chi connectivity index (χ3n) is 2.68. The van der Waals surface area contributed by atoms with Gasteiger partial charge in [-0.3, -0.25) is 0 Å². The Kier molecular flexibility index (Phi) is 3.96. The molecule has 0 atom stereocenters. The number of hydrogen-bond acceptors (Lipinski definition) is 3. The molecule has 4 nitrogen and oxygen atoms in total. The van der Waals surface area contributed by atoms with Crippen molar-refractivity contribution in [2.75, 3.05) is 0 Å². The quantitative estimate of drug-likeness (QED) is 0.893. The predicted molar refractivity (Wildman–Crippen MR) is 77.9 cm³/mol. The molecule has 0 amide bonds. The van der Waals surface area contributed by atoms with Crippen LogP contribution >= 0.6 is 0 Å². The molecule has 0 spiro atoms.